The monoisotopic (exact) mass is 249 g/mol. The Kier molecular flexibility index (Phi) is 3.12. The summed E-state index contributed by atoms with van der Waals surface area (Å²) in [7, 11) is -4.31. The van der Waals surface area contributed by atoms with Crippen LogP contribution in [0.15, 0.2) is 53.4 Å². The van der Waals surface area contributed by atoms with Crippen LogP contribution in [-0.4, -0.2) is 13.0 Å². The largest absolute Gasteiger partial charge is 0.456 e. The summed E-state index contributed by atoms with van der Waals surface area (Å²) in [5.74, 6) is 0.557. The molecule has 0 aromatic heterocycles. The van der Waals surface area contributed by atoms with E-state index in [2.05, 4.69) is 6.07 Å². The van der Waals surface area contributed by atoms with E-state index >= 15 is 0 Å². The summed E-state index contributed by atoms with van der Waals surface area (Å²) in [5, 5.41) is 0. The van der Waals surface area contributed by atoms with Crippen LogP contribution in [0.25, 0.3) is 0 Å². The molecule has 0 atom stereocenters. The van der Waals surface area contributed by atoms with E-state index in [1.807, 2.05) is 6.07 Å². The fraction of sp³-hybridized carbons (Fsp3) is 0. The molecule has 0 saturated carbocycles. The average Bonchev–Trinajstić information content (AvgIpc) is 2.30. The number of ether oxygens (including phenoxy) is 1. The first-order valence-electron chi connectivity index (χ1n) is 4.78. The van der Waals surface area contributed by atoms with Gasteiger partial charge < -0.3 is 4.74 Å². The molecule has 1 radical (unpaired) electrons. The third-order valence-corrected chi connectivity index (χ3v) is 2.91. The van der Waals surface area contributed by atoms with Crippen molar-refractivity contribution in [3.8, 4) is 11.5 Å². The van der Waals surface area contributed by atoms with E-state index in [0.717, 1.165) is 6.07 Å². The number of para-hydroxylation sites is 1. The Morgan fingerprint density at radius 1 is 1.12 bits per heavy atom. The first kappa shape index (κ1) is 11.6. The maximum absolute atomic E-state index is 11.1. The summed E-state index contributed by atoms with van der Waals surface area (Å²) >= 11 is 0. The lowest BCUT2D eigenvalue weighted by atomic mass is 10.3. The molecule has 1 N–H and O–H groups in total. The number of hydrogen-bond donors (Lipinski definition) is 1. The maximum atomic E-state index is 11.1. The Bertz CT molecular complexity index is 605. The molecule has 0 amide bonds. The molecule has 0 aliphatic rings. The third-order valence-electron chi connectivity index (χ3n) is 2.04. The molecular weight excluding hydrogens is 240 g/mol. The highest BCUT2D eigenvalue weighted by Gasteiger charge is 2.16. The Balaban J connectivity index is 2.41. The van der Waals surface area contributed by atoms with Crippen molar-refractivity contribution in [2.24, 2.45) is 0 Å². The van der Waals surface area contributed by atoms with Crippen LogP contribution in [0.1, 0.15) is 0 Å². The van der Waals surface area contributed by atoms with Gasteiger partial charge >= 0.3 is 0 Å². The minimum atomic E-state index is -4.31. The molecule has 0 heterocycles. The molecule has 0 spiro atoms. The third kappa shape index (κ3) is 2.83. The van der Waals surface area contributed by atoms with Crippen molar-refractivity contribution in [2.45, 2.75) is 4.90 Å². The molecule has 4 nitrogen and oxygen atoms in total. The second kappa shape index (κ2) is 4.57. The molecule has 0 bridgehead atoms. The van der Waals surface area contributed by atoms with Gasteiger partial charge in [-0.1, -0.05) is 24.3 Å². The van der Waals surface area contributed by atoms with Crippen molar-refractivity contribution >= 4 is 10.1 Å². The average molecular weight is 249 g/mol. The van der Waals surface area contributed by atoms with Crippen LogP contribution in [0.3, 0.4) is 0 Å². The summed E-state index contributed by atoms with van der Waals surface area (Å²) in [6, 6.07) is 15.4. The van der Waals surface area contributed by atoms with Crippen LogP contribution in [0, 0.1) is 6.07 Å². The fourth-order valence-electron chi connectivity index (χ4n) is 1.30. The minimum Gasteiger partial charge on any atom is -0.456 e. The van der Waals surface area contributed by atoms with E-state index < -0.39 is 10.1 Å². The van der Waals surface area contributed by atoms with Gasteiger partial charge in [-0.3, -0.25) is 4.55 Å². The molecule has 0 aliphatic heterocycles. The molecule has 5 heteroatoms. The van der Waals surface area contributed by atoms with Crippen LogP contribution in [0.4, 0.5) is 0 Å². The molecule has 2 aromatic carbocycles. The first-order chi connectivity index (χ1) is 8.07. The second-order valence-electron chi connectivity index (χ2n) is 3.26. The Morgan fingerprint density at radius 2 is 1.82 bits per heavy atom. The van der Waals surface area contributed by atoms with Crippen molar-refractivity contribution in [1.82, 2.24) is 0 Å². The fourth-order valence-corrected chi connectivity index (χ4v) is 1.88. The van der Waals surface area contributed by atoms with Crippen LogP contribution in [0.5, 0.6) is 11.5 Å². The van der Waals surface area contributed by atoms with Gasteiger partial charge in [-0.25, -0.2) is 0 Å². The van der Waals surface area contributed by atoms with Crippen molar-refractivity contribution in [1.29, 1.82) is 0 Å². The van der Waals surface area contributed by atoms with Gasteiger partial charge in [-0.15, -0.1) is 0 Å². The molecule has 0 aliphatic carbocycles. The van der Waals surface area contributed by atoms with Gasteiger partial charge in [0, 0.05) is 0 Å². The molecule has 17 heavy (non-hydrogen) atoms. The van der Waals surface area contributed by atoms with Crippen LogP contribution < -0.4 is 4.74 Å². The molecule has 2 aromatic rings. The van der Waals surface area contributed by atoms with Crippen molar-refractivity contribution < 1.29 is 17.7 Å². The van der Waals surface area contributed by atoms with Crippen LogP contribution >= 0.6 is 0 Å². The van der Waals surface area contributed by atoms with E-state index in [-0.39, 0.29) is 10.6 Å². The predicted molar refractivity (Wildman–Crippen MR) is 61.6 cm³/mol. The zero-order valence-electron chi connectivity index (χ0n) is 8.70. The topological polar surface area (TPSA) is 63.6 Å². The highest BCUT2D eigenvalue weighted by molar-refractivity contribution is 7.86. The maximum Gasteiger partial charge on any atom is 0.298 e. The van der Waals surface area contributed by atoms with Crippen LogP contribution in [0.2, 0.25) is 0 Å². The molecule has 2 rings (SSSR count). The van der Waals surface area contributed by atoms with Crippen molar-refractivity contribution in [3.05, 3.63) is 54.6 Å². The van der Waals surface area contributed by atoms with Crippen molar-refractivity contribution in [2.75, 3.05) is 0 Å². The second-order valence-corrected chi connectivity index (χ2v) is 4.65. The lowest BCUT2D eigenvalue weighted by Gasteiger charge is -2.08. The lowest BCUT2D eigenvalue weighted by Crippen LogP contribution is -2.00. The Morgan fingerprint density at radius 3 is 2.47 bits per heavy atom. The van der Waals surface area contributed by atoms with Gasteiger partial charge in [0.25, 0.3) is 10.1 Å². The molecule has 0 fully saturated rings. The molecular formula is C12H9O4S. The van der Waals surface area contributed by atoms with Gasteiger partial charge in [-0.2, -0.15) is 8.42 Å². The Labute approximate surface area is 99.2 Å². The standard InChI is InChI=1S/C12H9O4S/c13-17(14,15)12-9-5-4-8-11(12)16-10-6-2-1-3-7-10/h1-4,6-9H,(H,13,14,15). The normalized spacial score (nSPS) is 11.1. The Hall–Kier alpha value is -1.85. The highest BCUT2D eigenvalue weighted by Crippen LogP contribution is 2.27. The summed E-state index contributed by atoms with van der Waals surface area (Å²) < 4.78 is 36.6. The first-order valence-corrected chi connectivity index (χ1v) is 6.22. The van der Waals surface area contributed by atoms with E-state index in [9.17, 15) is 8.42 Å². The van der Waals surface area contributed by atoms with Gasteiger partial charge in [-0.05, 0) is 30.3 Å². The van der Waals surface area contributed by atoms with Crippen LogP contribution in [-0.2, 0) is 10.1 Å². The summed E-state index contributed by atoms with van der Waals surface area (Å²) in [6.07, 6.45) is 0. The predicted octanol–water partition coefficient (Wildman–Crippen LogP) is 2.53. The summed E-state index contributed by atoms with van der Waals surface area (Å²) in [5.41, 5.74) is 0. The SMILES string of the molecule is O=S(=O)(O)c1c[c]ccc1Oc1ccccc1. The summed E-state index contributed by atoms with van der Waals surface area (Å²) in [4.78, 5) is -0.302. The number of hydrogen-bond acceptors (Lipinski definition) is 3. The number of rotatable bonds is 3. The zero-order valence-corrected chi connectivity index (χ0v) is 9.52. The highest BCUT2D eigenvalue weighted by atomic mass is 32.2. The van der Waals surface area contributed by atoms with E-state index in [1.165, 1.54) is 12.1 Å². The van der Waals surface area contributed by atoms with Gasteiger partial charge in [0.15, 0.2) is 0 Å². The van der Waals surface area contributed by atoms with E-state index in [4.69, 9.17) is 9.29 Å². The van der Waals surface area contributed by atoms with Gasteiger partial charge in [0.1, 0.15) is 16.4 Å². The lowest BCUT2D eigenvalue weighted by molar-refractivity contribution is 0.450. The molecule has 0 saturated heterocycles. The minimum absolute atomic E-state index is 0.0671. The quantitative estimate of drug-likeness (QED) is 0.849. The molecule has 0 unspecified atom stereocenters. The van der Waals surface area contributed by atoms with E-state index in [0.29, 0.717) is 5.75 Å². The number of benzene rings is 2. The summed E-state index contributed by atoms with van der Waals surface area (Å²) in [6.45, 7) is 0. The van der Waals surface area contributed by atoms with E-state index in [1.54, 1.807) is 24.3 Å². The zero-order chi connectivity index (χ0) is 12.3. The van der Waals surface area contributed by atoms with Gasteiger partial charge in [0.05, 0.1) is 0 Å². The van der Waals surface area contributed by atoms with Crippen molar-refractivity contribution in [3.63, 3.8) is 0 Å². The smallest absolute Gasteiger partial charge is 0.298 e. The van der Waals surface area contributed by atoms with Gasteiger partial charge in [0.2, 0.25) is 0 Å². The molecule has 87 valence electrons.